The van der Waals surface area contributed by atoms with Gasteiger partial charge >= 0.3 is 0 Å². The quantitative estimate of drug-likeness (QED) is 0.857. The fraction of sp³-hybridized carbons (Fsp3) is 0.615. The predicted octanol–water partition coefficient (Wildman–Crippen LogP) is 4.21. The van der Waals surface area contributed by atoms with Gasteiger partial charge in [0.1, 0.15) is 11.6 Å². The van der Waals surface area contributed by atoms with Crippen molar-refractivity contribution in [3.63, 3.8) is 0 Å². The van der Waals surface area contributed by atoms with Gasteiger partial charge in [0, 0.05) is 6.04 Å². The maximum absolute atomic E-state index is 6.13. The third kappa shape index (κ3) is 3.01. The summed E-state index contributed by atoms with van der Waals surface area (Å²) in [4.78, 5) is 4.22. The largest absolute Gasteiger partial charge is 0.382 e. The van der Waals surface area contributed by atoms with E-state index in [1.807, 2.05) is 0 Å². The molecule has 0 bridgehead atoms. The van der Waals surface area contributed by atoms with Gasteiger partial charge in [-0.1, -0.05) is 37.0 Å². The first-order valence-electron chi connectivity index (χ1n) is 6.35. The van der Waals surface area contributed by atoms with Gasteiger partial charge in [0.2, 0.25) is 0 Å². The topological polar surface area (TPSA) is 50.9 Å². The predicted molar refractivity (Wildman–Crippen MR) is 78.3 cm³/mol. The number of nitrogens with two attached hydrogens (primary N) is 1. The SMILES string of the molecule is CC1CCC(Nc2nc(N)c(Cl)cc2Cl)C(C)C1. The van der Waals surface area contributed by atoms with Gasteiger partial charge in [-0.05, 0) is 37.2 Å². The maximum atomic E-state index is 6.13. The minimum Gasteiger partial charge on any atom is -0.382 e. The molecule has 1 fully saturated rings. The summed E-state index contributed by atoms with van der Waals surface area (Å²) in [5.74, 6) is 2.38. The van der Waals surface area contributed by atoms with E-state index in [1.54, 1.807) is 6.07 Å². The van der Waals surface area contributed by atoms with Gasteiger partial charge in [-0.3, -0.25) is 0 Å². The lowest BCUT2D eigenvalue weighted by molar-refractivity contribution is 0.276. The van der Waals surface area contributed by atoms with E-state index in [0.717, 1.165) is 12.3 Å². The van der Waals surface area contributed by atoms with Crippen LogP contribution in [0.3, 0.4) is 0 Å². The lowest BCUT2D eigenvalue weighted by Crippen LogP contribution is -2.33. The average molecular weight is 288 g/mol. The van der Waals surface area contributed by atoms with Crippen molar-refractivity contribution >= 4 is 34.8 Å². The molecule has 100 valence electrons. The highest BCUT2D eigenvalue weighted by Gasteiger charge is 2.26. The standard InChI is InChI=1S/C13H19Cl2N3/c1-7-3-4-11(8(2)5-7)17-13-10(15)6-9(14)12(16)18-13/h6-8,11H,3-5H2,1-2H3,(H3,16,17,18). The summed E-state index contributed by atoms with van der Waals surface area (Å²) in [7, 11) is 0. The van der Waals surface area contributed by atoms with Crippen LogP contribution in [0.5, 0.6) is 0 Å². The minimum absolute atomic E-state index is 0.320. The van der Waals surface area contributed by atoms with Crippen LogP contribution in [-0.2, 0) is 0 Å². The zero-order valence-corrected chi connectivity index (χ0v) is 12.2. The molecule has 1 heterocycles. The summed E-state index contributed by atoms with van der Waals surface area (Å²) in [6.45, 7) is 4.57. The molecule has 0 radical (unpaired) electrons. The van der Waals surface area contributed by atoms with E-state index in [1.165, 1.54) is 12.8 Å². The summed E-state index contributed by atoms with van der Waals surface area (Å²) in [5.41, 5.74) is 5.71. The first kappa shape index (κ1) is 13.8. The van der Waals surface area contributed by atoms with E-state index >= 15 is 0 Å². The number of anilines is 2. The van der Waals surface area contributed by atoms with Crippen molar-refractivity contribution in [2.24, 2.45) is 11.8 Å². The molecule has 5 heteroatoms. The normalized spacial score (nSPS) is 28.1. The number of halogens is 2. The van der Waals surface area contributed by atoms with Gasteiger partial charge in [-0.2, -0.15) is 0 Å². The maximum Gasteiger partial charge on any atom is 0.147 e. The second-order valence-electron chi connectivity index (χ2n) is 5.33. The molecule has 0 amide bonds. The Hall–Kier alpha value is -0.670. The van der Waals surface area contributed by atoms with Gasteiger partial charge in [0.15, 0.2) is 0 Å². The van der Waals surface area contributed by atoms with Crippen molar-refractivity contribution in [3.05, 3.63) is 16.1 Å². The van der Waals surface area contributed by atoms with Crippen LogP contribution in [0.15, 0.2) is 6.07 Å². The van der Waals surface area contributed by atoms with Crippen molar-refractivity contribution in [1.29, 1.82) is 0 Å². The van der Waals surface area contributed by atoms with E-state index in [9.17, 15) is 0 Å². The number of nitrogen functional groups attached to an aromatic ring is 1. The molecule has 0 aromatic carbocycles. The zero-order valence-electron chi connectivity index (χ0n) is 10.7. The molecular formula is C13H19Cl2N3. The molecule has 3 nitrogen and oxygen atoms in total. The van der Waals surface area contributed by atoms with Gasteiger partial charge in [0.25, 0.3) is 0 Å². The molecule has 1 aromatic heterocycles. The Morgan fingerprint density at radius 3 is 2.67 bits per heavy atom. The molecule has 18 heavy (non-hydrogen) atoms. The van der Waals surface area contributed by atoms with E-state index < -0.39 is 0 Å². The van der Waals surface area contributed by atoms with Crippen molar-refractivity contribution < 1.29 is 0 Å². The van der Waals surface area contributed by atoms with Gasteiger partial charge in [0.05, 0.1) is 10.0 Å². The summed E-state index contributed by atoms with van der Waals surface area (Å²) in [6.07, 6.45) is 3.62. The summed E-state index contributed by atoms with van der Waals surface area (Å²) in [5, 5.41) is 4.33. The van der Waals surface area contributed by atoms with Gasteiger partial charge in [-0.15, -0.1) is 0 Å². The Morgan fingerprint density at radius 1 is 1.28 bits per heavy atom. The third-order valence-corrected chi connectivity index (χ3v) is 4.30. The fourth-order valence-corrected chi connectivity index (χ4v) is 3.05. The second kappa shape index (κ2) is 5.54. The van der Waals surface area contributed by atoms with Crippen molar-refractivity contribution in [3.8, 4) is 0 Å². The first-order chi connectivity index (χ1) is 8.47. The number of rotatable bonds is 2. The van der Waals surface area contributed by atoms with E-state index in [0.29, 0.717) is 33.6 Å². The summed E-state index contributed by atoms with van der Waals surface area (Å²) >= 11 is 12.0. The van der Waals surface area contributed by atoms with Crippen LogP contribution in [0.2, 0.25) is 10.0 Å². The van der Waals surface area contributed by atoms with Crippen LogP contribution in [0.1, 0.15) is 33.1 Å². The highest BCUT2D eigenvalue weighted by atomic mass is 35.5. The third-order valence-electron chi connectivity index (χ3n) is 3.71. The van der Waals surface area contributed by atoms with E-state index in [-0.39, 0.29) is 0 Å². The van der Waals surface area contributed by atoms with Gasteiger partial charge in [-0.25, -0.2) is 4.98 Å². The zero-order chi connectivity index (χ0) is 13.3. The van der Waals surface area contributed by atoms with Crippen molar-refractivity contribution in [1.82, 2.24) is 4.98 Å². The molecule has 1 aliphatic rings. The molecule has 0 saturated heterocycles. The Morgan fingerprint density at radius 2 is 2.00 bits per heavy atom. The molecule has 3 unspecified atom stereocenters. The van der Waals surface area contributed by atoms with Gasteiger partial charge < -0.3 is 11.1 Å². The van der Waals surface area contributed by atoms with E-state index in [2.05, 4.69) is 24.1 Å². The van der Waals surface area contributed by atoms with Crippen LogP contribution in [0.25, 0.3) is 0 Å². The number of hydrogen-bond donors (Lipinski definition) is 2. The van der Waals surface area contributed by atoms with Crippen molar-refractivity contribution in [2.45, 2.75) is 39.2 Å². The minimum atomic E-state index is 0.320. The number of pyridine rings is 1. The summed E-state index contributed by atoms with van der Waals surface area (Å²) < 4.78 is 0. The highest BCUT2D eigenvalue weighted by Crippen LogP contribution is 2.33. The smallest absolute Gasteiger partial charge is 0.147 e. The number of nitrogens with zero attached hydrogens (tertiary/aromatic N) is 1. The number of aromatic nitrogens is 1. The Labute approximate surface area is 118 Å². The molecule has 1 aliphatic carbocycles. The second-order valence-corrected chi connectivity index (χ2v) is 6.15. The Kier molecular flexibility index (Phi) is 4.23. The highest BCUT2D eigenvalue weighted by molar-refractivity contribution is 6.37. The molecule has 1 saturated carbocycles. The molecule has 0 spiro atoms. The molecular weight excluding hydrogens is 269 g/mol. The van der Waals surface area contributed by atoms with Crippen LogP contribution in [-0.4, -0.2) is 11.0 Å². The van der Waals surface area contributed by atoms with Crippen LogP contribution < -0.4 is 11.1 Å². The molecule has 3 atom stereocenters. The Balaban J connectivity index is 2.12. The molecule has 1 aromatic rings. The van der Waals surface area contributed by atoms with E-state index in [4.69, 9.17) is 28.9 Å². The lowest BCUT2D eigenvalue weighted by atomic mass is 9.80. The van der Waals surface area contributed by atoms with Crippen LogP contribution in [0.4, 0.5) is 11.6 Å². The Bertz CT molecular complexity index is 436. The number of nitrogens with one attached hydrogen (secondary N) is 1. The van der Waals surface area contributed by atoms with Crippen molar-refractivity contribution in [2.75, 3.05) is 11.1 Å². The number of hydrogen-bond acceptors (Lipinski definition) is 3. The first-order valence-corrected chi connectivity index (χ1v) is 7.11. The lowest BCUT2D eigenvalue weighted by Gasteiger charge is -2.33. The molecule has 2 rings (SSSR count). The average Bonchev–Trinajstić information content (AvgIpc) is 2.29. The monoisotopic (exact) mass is 287 g/mol. The molecule has 3 N–H and O–H groups in total. The summed E-state index contributed by atoms with van der Waals surface area (Å²) in [6, 6.07) is 2.05. The van der Waals surface area contributed by atoms with Crippen LogP contribution >= 0.6 is 23.2 Å². The fourth-order valence-electron chi connectivity index (χ4n) is 2.64. The molecule has 0 aliphatic heterocycles. The van der Waals surface area contributed by atoms with Crippen LogP contribution in [0, 0.1) is 11.8 Å².